The van der Waals surface area contributed by atoms with Crippen LogP contribution in [0.1, 0.15) is 34.7 Å². The average molecular weight is 193 g/mol. The first kappa shape index (κ1) is 9.19. The number of nitrogens with one attached hydrogen (secondary N) is 1. The number of hydrogen-bond acceptors (Lipinski definition) is 1. The van der Waals surface area contributed by atoms with Gasteiger partial charge in [-0.05, 0) is 36.5 Å². The highest BCUT2D eigenvalue weighted by atomic mass is 19.1. The molecule has 1 fully saturated rings. The molecule has 0 unspecified atom stereocenters. The zero-order valence-corrected chi connectivity index (χ0v) is 8.01. The van der Waals surface area contributed by atoms with Crippen LogP contribution in [-0.2, 0) is 0 Å². The largest absolute Gasteiger partial charge is 0.355 e. The monoisotopic (exact) mass is 193 g/mol. The van der Waals surface area contributed by atoms with E-state index in [0.717, 1.165) is 18.4 Å². The number of rotatable bonds is 2. The summed E-state index contributed by atoms with van der Waals surface area (Å²) < 4.78 is 13.4. The lowest BCUT2D eigenvalue weighted by atomic mass is 10.1. The Morgan fingerprint density at radius 3 is 2.71 bits per heavy atom. The molecule has 0 saturated heterocycles. The fraction of sp³-hybridized carbons (Fsp3) is 0.364. The summed E-state index contributed by atoms with van der Waals surface area (Å²) in [6, 6.07) is 4.87. The van der Waals surface area contributed by atoms with Crippen LogP contribution in [0.15, 0.2) is 18.2 Å². The van der Waals surface area contributed by atoms with Crippen molar-refractivity contribution in [2.45, 2.75) is 18.8 Å². The average Bonchev–Trinajstić information content (AvgIpc) is 3.00. The molecule has 0 bridgehead atoms. The Bertz CT molecular complexity index is 372. The Labute approximate surface area is 82.1 Å². The lowest BCUT2D eigenvalue weighted by Gasteiger charge is -2.03. The smallest absolute Gasteiger partial charge is 0.253 e. The summed E-state index contributed by atoms with van der Waals surface area (Å²) in [7, 11) is 1.50. The molecule has 1 aliphatic carbocycles. The van der Waals surface area contributed by atoms with Gasteiger partial charge in [0.15, 0.2) is 0 Å². The van der Waals surface area contributed by atoms with Crippen molar-refractivity contribution in [1.82, 2.24) is 5.32 Å². The first-order chi connectivity index (χ1) is 6.72. The number of carbonyl (C=O) groups excluding carboxylic acids is 1. The molecule has 1 aromatic carbocycles. The summed E-state index contributed by atoms with van der Waals surface area (Å²) in [5, 5.41) is 2.41. The standard InChI is InChI=1S/C11H12FNO/c1-13-11(14)9-5-4-8(6-10(9)12)7-2-3-7/h4-7H,2-3H2,1H3,(H,13,14). The lowest BCUT2D eigenvalue weighted by molar-refractivity contribution is 0.0959. The Hall–Kier alpha value is -1.38. The minimum absolute atomic E-state index is 0.122. The van der Waals surface area contributed by atoms with Crippen LogP contribution >= 0.6 is 0 Å². The van der Waals surface area contributed by atoms with Crippen molar-refractivity contribution < 1.29 is 9.18 Å². The SMILES string of the molecule is CNC(=O)c1ccc(C2CC2)cc1F. The summed E-state index contributed by atoms with van der Waals surface area (Å²) in [6.45, 7) is 0. The minimum Gasteiger partial charge on any atom is -0.355 e. The van der Waals surface area contributed by atoms with E-state index in [1.807, 2.05) is 6.07 Å². The summed E-state index contributed by atoms with van der Waals surface area (Å²) in [4.78, 5) is 11.2. The van der Waals surface area contributed by atoms with Crippen molar-refractivity contribution >= 4 is 5.91 Å². The number of benzene rings is 1. The van der Waals surface area contributed by atoms with E-state index >= 15 is 0 Å². The second-order valence-electron chi connectivity index (χ2n) is 3.59. The van der Waals surface area contributed by atoms with Gasteiger partial charge >= 0.3 is 0 Å². The molecule has 1 saturated carbocycles. The van der Waals surface area contributed by atoms with E-state index in [2.05, 4.69) is 5.32 Å². The van der Waals surface area contributed by atoms with Crippen LogP contribution in [0.3, 0.4) is 0 Å². The van der Waals surface area contributed by atoms with Crippen LogP contribution in [0.2, 0.25) is 0 Å². The second kappa shape index (κ2) is 3.40. The molecule has 0 spiro atoms. The number of halogens is 1. The second-order valence-corrected chi connectivity index (χ2v) is 3.59. The van der Waals surface area contributed by atoms with Gasteiger partial charge < -0.3 is 5.32 Å². The van der Waals surface area contributed by atoms with Crippen molar-refractivity contribution in [2.24, 2.45) is 0 Å². The molecule has 0 aliphatic heterocycles. The van der Waals surface area contributed by atoms with Crippen LogP contribution in [0, 0.1) is 5.82 Å². The zero-order chi connectivity index (χ0) is 10.1. The molecule has 74 valence electrons. The first-order valence-electron chi connectivity index (χ1n) is 4.74. The van der Waals surface area contributed by atoms with Gasteiger partial charge in [-0.1, -0.05) is 6.07 Å². The fourth-order valence-electron chi connectivity index (χ4n) is 1.52. The predicted octanol–water partition coefficient (Wildman–Crippen LogP) is 2.06. The molecule has 14 heavy (non-hydrogen) atoms. The zero-order valence-electron chi connectivity index (χ0n) is 8.01. The minimum atomic E-state index is -0.422. The fourth-order valence-corrected chi connectivity index (χ4v) is 1.52. The van der Waals surface area contributed by atoms with Gasteiger partial charge in [-0.2, -0.15) is 0 Å². The topological polar surface area (TPSA) is 29.1 Å². The van der Waals surface area contributed by atoms with Crippen LogP contribution in [0.4, 0.5) is 4.39 Å². The molecule has 1 aliphatic rings. The van der Waals surface area contributed by atoms with E-state index in [0.29, 0.717) is 5.92 Å². The van der Waals surface area contributed by atoms with Crippen molar-refractivity contribution in [3.8, 4) is 0 Å². The summed E-state index contributed by atoms with van der Waals surface area (Å²) in [6.07, 6.45) is 2.28. The molecular weight excluding hydrogens is 181 g/mol. The maximum absolute atomic E-state index is 13.4. The maximum Gasteiger partial charge on any atom is 0.253 e. The summed E-state index contributed by atoms with van der Waals surface area (Å²) in [5.41, 5.74) is 1.13. The van der Waals surface area contributed by atoms with Gasteiger partial charge in [0.1, 0.15) is 5.82 Å². The molecule has 1 amide bonds. The third kappa shape index (κ3) is 1.62. The molecule has 2 rings (SSSR count). The van der Waals surface area contributed by atoms with Gasteiger partial charge in [-0.15, -0.1) is 0 Å². The van der Waals surface area contributed by atoms with Crippen LogP contribution in [-0.4, -0.2) is 13.0 Å². The van der Waals surface area contributed by atoms with Crippen LogP contribution in [0.5, 0.6) is 0 Å². The molecule has 0 atom stereocenters. The van der Waals surface area contributed by atoms with E-state index in [4.69, 9.17) is 0 Å². The molecular formula is C11H12FNO. The first-order valence-corrected chi connectivity index (χ1v) is 4.74. The number of carbonyl (C=O) groups is 1. The Morgan fingerprint density at radius 1 is 1.50 bits per heavy atom. The van der Waals surface area contributed by atoms with Gasteiger partial charge in [-0.3, -0.25) is 4.79 Å². The molecule has 0 radical (unpaired) electrons. The maximum atomic E-state index is 13.4. The Balaban J connectivity index is 2.30. The molecule has 3 heteroatoms. The van der Waals surface area contributed by atoms with Gasteiger partial charge in [0.25, 0.3) is 5.91 Å². The highest BCUT2D eigenvalue weighted by molar-refractivity contribution is 5.94. The van der Waals surface area contributed by atoms with Gasteiger partial charge in [0.05, 0.1) is 5.56 Å². The molecule has 0 heterocycles. The molecule has 0 aromatic heterocycles. The summed E-state index contributed by atoms with van der Waals surface area (Å²) >= 11 is 0. The molecule has 1 N–H and O–H groups in total. The van der Waals surface area contributed by atoms with Crippen molar-refractivity contribution in [3.05, 3.63) is 35.1 Å². The quantitative estimate of drug-likeness (QED) is 0.765. The summed E-state index contributed by atoms with van der Waals surface area (Å²) in [5.74, 6) is -0.276. The van der Waals surface area contributed by atoms with E-state index in [1.54, 1.807) is 6.07 Å². The normalized spacial score (nSPS) is 15.3. The highest BCUT2D eigenvalue weighted by Gasteiger charge is 2.24. The van der Waals surface area contributed by atoms with Gasteiger partial charge in [0, 0.05) is 7.05 Å². The number of hydrogen-bond donors (Lipinski definition) is 1. The van der Waals surface area contributed by atoms with Crippen molar-refractivity contribution in [2.75, 3.05) is 7.05 Å². The van der Waals surface area contributed by atoms with Gasteiger partial charge in [-0.25, -0.2) is 4.39 Å². The van der Waals surface area contributed by atoms with Gasteiger partial charge in [0.2, 0.25) is 0 Å². The molecule has 2 nitrogen and oxygen atoms in total. The van der Waals surface area contributed by atoms with E-state index in [9.17, 15) is 9.18 Å². The number of amides is 1. The third-order valence-corrected chi connectivity index (χ3v) is 2.51. The van der Waals surface area contributed by atoms with E-state index in [1.165, 1.54) is 13.1 Å². The predicted molar refractivity (Wildman–Crippen MR) is 51.8 cm³/mol. The Morgan fingerprint density at radius 2 is 2.21 bits per heavy atom. The Kier molecular flexibility index (Phi) is 2.23. The third-order valence-electron chi connectivity index (χ3n) is 2.51. The van der Waals surface area contributed by atoms with E-state index < -0.39 is 5.82 Å². The molecule has 1 aromatic rings. The van der Waals surface area contributed by atoms with Crippen LogP contribution < -0.4 is 5.32 Å². The van der Waals surface area contributed by atoms with Crippen molar-refractivity contribution in [1.29, 1.82) is 0 Å². The van der Waals surface area contributed by atoms with Crippen LogP contribution in [0.25, 0.3) is 0 Å². The lowest BCUT2D eigenvalue weighted by Crippen LogP contribution is -2.19. The highest BCUT2D eigenvalue weighted by Crippen LogP contribution is 2.40. The van der Waals surface area contributed by atoms with E-state index in [-0.39, 0.29) is 11.5 Å². The van der Waals surface area contributed by atoms with Crippen molar-refractivity contribution in [3.63, 3.8) is 0 Å².